The standard InChI is InChI=1S/C19H27N3O2/c1-5-24-18(23)15-12-17-20-14(13-9-7-6-8-10-13)11-16(19(2,3)4)22(17)21-15/h11-13H,5-10H2,1-4H3. The molecule has 0 amide bonds. The van der Waals surface area contributed by atoms with Gasteiger partial charge in [-0.3, -0.25) is 0 Å². The fourth-order valence-electron chi connectivity index (χ4n) is 3.44. The van der Waals surface area contributed by atoms with Crippen molar-refractivity contribution in [3.05, 3.63) is 29.2 Å². The first-order valence-electron chi connectivity index (χ1n) is 8.98. The summed E-state index contributed by atoms with van der Waals surface area (Å²) >= 11 is 0. The second kappa shape index (κ2) is 6.54. The van der Waals surface area contributed by atoms with Crippen molar-refractivity contribution in [3.63, 3.8) is 0 Å². The van der Waals surface area contributed by atoms with Crippen molar-refractivity contribution in [2.75, 3.05) is 6.61 Å². The minimum atomic E-state index is -0.387. The maximum Gasteiger partial charge on any atom is 0.358 e. The van der Waals surface area contributed by atoms with Gasteiger partial charge in [0.1, 0.15) is 0 Å². The second-order valence-electron chi connectivity index (χ2n) is 7.67. The van der Waals surface area contributed by atoms with Crippen LogP contribution in [0.4, 0.5) is 0 Å². The number of esters is 1. The summed E-state index contributed by atoms with van der Waals surface area (Å²) in [6, 6.07) is 3.94. The summed E-state index contributed by atoms with van der Waals surface area (Å²) in [6.45, 7) is 8.64. The Kier molecular flexibility index (Phi) is 4.61. The Morgan fingerprint density at radius 1 is 1.25 bits per heavy atom. The lowest BCUT2D eigenvalue weighted by Crippen LogP contribution is -2.20. The number of ether oxygens (including phenoxy) is 1. The molecule has 1 fully saturated rings. The third kappa shape index (κ3) is 3.30. The SMILES string of the molecule is CCOC(=O)c1cc2nc(C3CCCCC3)cc(C(C)(C)C)n2n1. The molecule has 0 radical (unpaired) electrons. The van der Waals surface area contributed by atoms with Crippen LogP contribution in [0.1, 0.15) is 87.6 Å². The number of rotatable bonds is 3. The number of nitrogens with zero attached hydrogens (tertiary/aromatic N) is 3. The van der Waals surface area contributed by atoms with Crippen molar-refractivity contribution < 1.29 is 9.53 Å². The van der Waals surface area contributed by atoms with Crippen LogP contribution >= 0.6 is 0 Å². The van der Waals surface area contributed by atoms with Gasteiger partial charge in [0.15, 0.2) is 11.3 Å². The molecule has 1 aliphatic rings. The zero-order valence-corrected chi connectivity index (χ0v) is 15.1. The van der Waals surface area contributed by atoms with Gasteiger partial charge in [-0.1, -0.05) is 40.0 Å². The lowest BCUT2D eigenvalue weighted by atomic mass is 9.84. The van der Waals surface area contributed by atoms with E-state index in [2.05, 4.69) is 31.9 Å². The van der Waals surface area contributed by atoms with Crippen molar-refractivity contribution in [1.82, 2.24) is 14.6 Å². The van der Waals surface area contributed by atoms with E-state index < -0.39 is 0 Å². The normalized spacial score (nSPS) is 16.5. The van der Waals surface area contributed by atoms with Crippen LogP contribution in [0.3, 0.4) is 0 Å². The predicted octanol–water partition coefficient (Wildman–Crippen LogP) is 4.25. The van der Waals surface area contributed by atoms with Crippen LogP contribution in [0.25, 0.3) is 5.65 Å². The van der Waals surface area contributed by atoms with Gasteiger partial charge in [0, 0.05) is 23.1 Å². The Labute approximate surface area is 143 Å². The summed E-state index contributed by atoms with van der Waals surface area (Å²) < 4.78 is 6.89. The van der Waals surface area contributed by atoms with Crippen LogP contribution in [-0.2, 0) is 10.2 Å². The van der Waals surface area contributed by atoms with Gasteiger partial charge in [0.25, 0.3) is 0 Å². The summed E-state index contributed by atoms with van der Waals surface area (Å²) in [5.74, 6) is 0.132. The fraction of sp³-hybridized carbons (Fsp3) is 0.632. The van der Waals surface area contributed by atoms with Crippen LogP contribution in [0.5, 0.6) is 0 Å². The molecule has 5 nitrogen and oxygen atoms in total. The monoisotopic (exact) mass is 329 g/mol. The van der Waals surface area contributed by atoms with Crippen molar-refractivity contribution in [1.29, 1.82) is 0 Å². The Morgan fingerprint density at radius 3 is 2.58 bits per heavy atom. The first-order chi connectivity index (χ1) is 11.4. The molecule has 0 aromatic carbocycles. The lowest BCUT2D eigenvalue weighted by Gasteiger charge is -2.25. The summed E-state index contributed by atoms with van der Waals surface area (Å²) in [5, 5.41) is 4.46. The zero-order valence-electron chi connectivity index (χ0n) is 15.1. The van der Waals surface area contributed by atoms with Gasteiger partial charge in [-0.2, -0.15) is 5.10 Å². The van der Waals surface area contributed by atoms with E-state index in [1.807, 2.05) is 0 Å². The molecule has 2 aromatic heterocycles. The van der Waals surface area contributed by atoms with Crippen LogP contribution < -0.4 is 0 Å². The largest absolute Gasteiger partial charge is 0.461 e. The maximum absolute atomic E-state index is 12.0. The van der Waals surface area contributed by atoms with Gasteiger partial charge in [-0.15, -0.1) is 0 Å². The second-order valence-corrected chi connectivity index (χ2v) is 7.67. The highest BCUT2D eigenvalue weighted by atomic mass is 16.5. The molecule has 130 valence electrons. The van der Waals surface area contributed by atoms with Gasteiger partial charge in [0.2, 0.25) is 0 Å². The smallest absolute Gasteiger partial charge is 0.358 e. The molecule has 0 spiro atoms. The van der Waals surface area contributed by atoms with Crippen molar-refractivity contribution >= 4 is 11.6 Å². The molecule has 2 heterocycles. The zero-order chi connectivity index (χ0) is 17.3. The van der Waals surface area contributed by atoms with Crippen molar-refractivity contribution in [2.45, 2.75) is 71.1 Å². The molecule has 0 unspecified atom stereocenters. The minimum absolute atomic E-state index is 0.0808. The van der Waals surface area contributed by atoms with Gasteiger partial charge in [-0.05, 0) is 25.8 Å². The number of carbonyl (C=O) groups excluding carboxylic acids is 1. The molecular formula is C19H27N3O2. The first-order valence-corrected chi connectivity index (χ1v) is 8.98. The Bertz CT molecular complexity index is 737. The Hall–Kier alpha value is -1.91. The summed E-state index contributed by atoms with van der Waals surface area (Å²) in [6.07, 6.45) is 6.27. The van der Waals surface area contributed by atoms with Crippen molar-refractivity contribution in [3.8, 4) is 0 Å². The first kappa shape index (κ1) is 16.9. The van der Waals surface area contributed by atoms with Gasteiger partial charge < -0.3 is 4.74 Å². The molecule has 5 heteroatoms. The summed E-state index contributed by atoms with van der Waals surface area (Å²) in [5.41, 5.74) is 3.22. The van der Waals surface area contributed by atoms with E-state index in [-0.39, 0.29) is 11.4 Å². The van der Waals surface area contributed by atoms with E-state index in [9.17, 15) is 4.79 Å². The molecule has 0 N–H and O–H groups in total. The third-order valence-corrected chi connectivity index (χ3v) is 4.72. The van der Waals surface area contributed by atoms with Crippen molar-refractivity contribution in [2.24, 2.45) is 0 Å². The molecule has 3 rings (SSSR count). The molecule has 1 saturated carbocycles. The molecule has 0 atom stereocenters. The van der Waals surface area contributed by atoms with E-state index in [0.717, 1.165) is 17.0 Å². The summed E-state index contributed by atoms with van der Waals surface area (Å²) in [4.78, 5) is 16.9. The number of hydrogen-bond acceptors (Lipinski definition) is 4. The molecule has 1 aliphatic carbocycles. The van der Waals surface area contributed by atoms with Crippen LogP contribution in [0.15, 0.2) is 12.1 Å². The van der Waals surface area contributed by atoms with Gasteiger partial charge in [0.05, 0.1) is 12.3 Å². The molecule has 0 saturated heterocycles. The number of carbonyl (C=O) groups is 1. The average molecular weight is 329 g/mol. The third-order valence-electron chi connectivity index (χ3n) is 4.72. The fourth-order valence-corrected chi connectivity index (χ4v) is 3.44. The molecule has 24 heavy (non-hydrogen) atoms. The highest BCUT2D eigenvalue weighted by Gasteiger charge is 2.25. The maximum atomic E-state index is 12.0. The number of fused-ring (bicyclic) bond motifs is 1. The molecule has 2 aromatic rings. The molecule has 0 bridgehead atoms. The summed E-state index contributed by atoms with van der Waals surface area (Å²) in [7, 11) is 0. The van der Waals surface area contributed by atoms with Crippen LogP contribution in [0.2, 0.25) is 0 Å². The van der Waals surface area contributed by atoms with Crippen LogP contribution in [-0.4, -0.2) is 27.2 Å². The Morgan fingerprint density at radius 2 is 1.96 bits per heavy atom. The van der Waals surface area contributed by atoms with E-state index in [0.29, 0.717) is 18.2 Å². The van der Waals surface area contributed by atoms with E-state index in [4.69, 9.17) is 9.72 Å². The predicted molar refractivity (Wildman–Crippen MR) is 93.5 cm³/mol. The molecular weight excluding hydrogens is 302 g/mol. The quantitative estimate of drug-likeness (QED) is 0.790. The minimum Gasteiger partial charge on any atom is -0.461 e. The Balaban J connectivity index is 2.10. The highest BCUT2D eigenvalue weighted by molar-refractivity contribution is 5.88. The highest BCUT2D eigenvalue weighted by Crippen LogP contribution is 2.34. The molecule has 0 aliphatic heterocycles. The number of hydrogen-bond donors (Lipinski definition) is 0. The topological polar surface area (TPSA) is 56.5 Å². The lowest BCUT2D eigenvalue weighted by molar-refractivity contribution is 0.0519. The van der Waals surface area contributed by atoms with Gasteiger partial charge in [-0.25, -0.2) is 14.3 Å². The van der Waals surface area contributed by atoms with E-state index in [1.54, 1.807) is 17.5 Å². The van der Waals surface area contributed by atoms with Gasteiger partial charge >= 0.3 is 5.97 Å². The van der Waals surface area contributed by atoms with Crippen LogP contribution in [0, 0.1) is 0 Å². The number of aromatic nitrogens is 3. The average Bonchev–Trinajstić information content (AvgIpc) is 2.98. The van der Waals surface area contributed by atoms with E-state index in [1.165, 1.54) is 32.1 Å². The van der Waals surface area contributed by atoms with E-state index >= 15 is 0 Å².